The van der Waals surface area contributed by atoms with Crippen molar-refractivity contribution in [3.63, 3.8) is 0 Å². The van der Waals surface area contributed by atoms with E-state index in [-0.39, 0.29) is 5.82 Å². The van der Waals surface area contributed by atoms with E-state index in [9.17, 15) is 4.39 Å². The van der Waals surface area contributed by atoms with Crippen molar-refractivity contribution in [2.24, 2.45) is 0 Å². The third-order valence-corrected chi connectivity index (χ3v) is 1.82. The van der Waals surface area contributed by atoms with Gasteiger partial charge in [-0.2, -0.15) is 0 Å². The van der Waals surface area contributed by atoms with E-state index in [1.165, 1.54) is 12.1 Å². The molecule has 0 atom stereocenters. The van der Waals surface area contributed by atoms with Crippen LogP contribution in [-0.2, 0) is 0 Å². The van der Waals surface area contributed by atoms with Gasteiger partial charge in [-0.25, -0.2) is 4.39 Å². The van der Waals surface area contributed by atoms with Crippen LogP contribution in [0.15, 0.2) is 36.4 Å². The maximum Gasteiger partial charge on any atom is 0.123 e. The van der Waals surface area contributed by atoms with Gasteiger partial charge in [0.2, 0.25) is 0 Å². The van der Waals surface area contributed by atoms with Crippen LogP contribution in [0.1, 0.15) is 0 Å². The van der Waals surface area contributed by atoms with Crippen molar-refractivity contribution in [2.45, 2.75) is 0 Å². The van der Waals surface area contributed by atoms with Gasteiger partial charge in [0, 0.05) is 5.88 Å². The Kier molecular flexibility index (Phi) is 3.77. The molecule has 3 heteroatoms. The summed E-state index contributed by atoms with van der Waals surface area (Å²) in [4.78, 5) is 0. The lowest BCUT2D eigenvalue weighted by Crippen LogP contribution is -2.00. The molecule has 0 saturated carbocycles. The summed E-state index contributed by atoms with van der Waals surface area (Å²) in [5.74, 6) is 0.720. The van der Waals surface area contributed by atoms with Crippen LogP contribution in [0.2, 0.25) is 0 Å². The molecule has 0 saturated heterocycles. The van der Waals surface area contributed by atoms with Gasteiger partial charge >= 0.3 is 0 Å². The van der Waals surface area contributed by atoms with Crippen LogP contribution in [0.3, 0.4) is 0 Å². The molecule has 1 aromatic carbocycles. The molecule has 0 aromatic heterocycles. The van der Waals surface area contributed by atoms with Crippen molar-refractivity contribution >= 4 is 11.6 Å². The van der Waals surface area contributed by atoms with Gasteiger partial charge in [0.1, 0.15) is 18.2 Å². The topological polar surface area (TPSA) is 9.23 Å². The molecule has 70 valence electrons. The average molecular weight is 201 g/mol. The fourth-order valence-electron chi connectivity index (χ4n) is 0.755. The Bertz CT molecular complexity index is 281. The smallest absolute Gasteiger partial charge is 0.123 e. The molecular weight excluding hydrogens is 191 g/mol. The van der Waals surface area contributed by atoms with Gasteiger partial charge in [0.25, 0.3) is 0 Å². The van der Waals surface area contributed by atoms with E-state index >= 15 is 0 Å². The number of ether oxygens (including phenoxy) is 1. The molecule has 1 rings (SSSR count). The van der Waals surface area contributed by atoms with Crippen molar-refractivity contribution in [1.29, 1.82) is 0 Å². The number of alkyl halides is 1. The largest absolute Gasteiger partial charge is 0.489 e. The lowest BCUT2D eigenvalue weighted by Gasteiger charge is -2.05. The standard InChI is InChI=1S/C10H10ClFO/c1-8(6-11)7-13-10-4-2-9(12)3-5-10/h2-5H,1,6-7H2. The number of benzene rings is 1. The zero-order chi connectivity index (χ0) is 9.68. The molecule has 0 amide bonds. The highest BCUT2D eigenvalue weighted by molar-refractivity contribution is 6.19. The molecule has 13 heavy (non-hydrogen) atoms. The van der Waals surface area contributed by atoms with E-state index in [0.29, 0.717) is 18.2 Å². The predicted molar refractivity (Wildman–Crippen MR) is 51.8 cm³/mol. The summed E-state index contributed by atoms with van der Waals surface area (Å²) in [5, 5.41) is 0. The van der Waals surface area contributed by atoms with Gasteiger partial charge in [-0.3, -0.25) is 0 Å². The molecule has 0 N–H and O–H groups in total. The van der Waals surface area contributed by atoms with Crippen molar-refractivity contribution in [1.82, 2.24) is 0 Å². The van der Waals surface area contributed by atoms with E-state index in [4.69, 9.17) is 16.3 Å². The van der Waals surface area contributed by atoms with E-state index < -0.39 is 0 Å². The lowest BCUT2D eigenvalue weighted by atomic mass is 10.3. The van der Waals surface area contributed by atoms with Gasteiger partial charge in [0.05, 0.1) is 0 Å². The van der Waals surface area contributed by atoms with Crippen LogP contribution in [0.5, 0.6) is 5.75 Å². The van der Waals surface area contributed by atoms with Gasteiger partial charge in [-0.15, -0.1) is 11.6 Å². The molecule has 0 bridgehead atoms. The van der Waals surface area contributed by atoms with E-state index in [2.05, 4.69) is 6.58 Å². The first-order chi connectivity index (χ1) is 6.22. The Morgan fingerprint density at radius 1 is 1.38 bits per heavy atom. The maximum atomic E-state index is 12.5. The molecule has 0 aliphatic heterocycles. The van der Waals surface area contributed by atoms with Gasteiger partial charge in [-0.05, 0) is 29.8 Å². The summed E-state index contributed by atoms with van der Waals surface area (Å²) in [6.45, 7) is 4.04. The molecule has 0 fully saturated rings. The van der Waals surface area contributed by atoms with Crippen LogP contribution in [0.4, 0.5) is 4.39 Å². The Morgan fingerprint density at radius 3 is 2.54 bits per heavy atom. The molecule has 0 spiro atoms. The SMILES string of the molecule is C=C(CCl)COc1ccc(F)cc1. The minimum atomic E-state index is -0.275. The monoisotopic (exact) mass is 200 g/mol. The van der Waals surface area contributed by atoms with Crippen molar-refractivity contribution in [2.75, 3.05) is 12.5 Å². The Labute approximate surface area is 81.8 Å². The minimum absolute atomic E-state index is 0.275. The minimum Gasteiger partial charge on any atom is -0.489 e. The van der Waals surface area contributed by atoms with Crippen LogP contribution in [0.25, 0.3) is 0 Å². The molecule has 1 aromatic rings. The highest BCUT2D eigenvalue weighted by atomic mass is 35.5. The van der Waals surface area contributed by atoms with Crippen molar-refractivity contribution in [3.05, 3.63) is 42.2 Å². The van der Waals surface area contributed by atoms with Crippen molar-refractivity contribution < 1.29 is 9.13 Å². The summed E-state index contributed by atoms with van der Waals surface area (Å²) >= 11 is 5.50. The number of rotatable bonds is 4. The maximum absolute atomic E-state index is 12.5. The third-order valence-electron chi connectivity index (χ3n) is 1.45. The van der Waals surface area contributed by atoms with Gasteiger partial charge in [0.15, 0.2) is 0 Å². The summed E-state index contributed by atoms with van der Waals surface area (Å²) in [6, 6.07) is 5.82. The van der Waals surface area contributed by atoms with Gasteiger partial charge in [-0.1, -0.05) is 6.58 Å². The van der Waals surface area contributed by atoms with Crippen LogP contribution < -0.4 is 4.74 Å². The second-order valence-corrected chi connectivity index (χ2v) is 2.89. The van der Waals surface area contributed by atoms with E-state index in [0.717, 1.165) is 5.57 Å². The molecular formula is C10H10ClFO. The van der Waals surface area contributed by atoms with Crippen molar-refractivity contribution in [3.8, 4) is 5.75 Å². The fraction of sp³-hybridized carbons (Fsp3) is 0.200. The zero-order valence-electron chi connectivity index (χ0n) is 7.09. The van der Waals surface area contributed by atoms with Crippen LogP contribution in [0, 0.1) is 5.82 Å². The van der Waals surface area contributed by atoms with Crippen LogP contribution in [-0.4, -0.2) is 12.5 Å². The fourth-order valence-corrected chi connectivity index (χ4v) is 0.832. The van der Waals surface area contributed by atoms with Crippen LogP contribution >= 0.6 is 11.6 Å². The molecule has 0 unspecified atom stereocenters. The second kappa shape index (κ2) is 4.87. The quantitative estimate of drug-likeness (QED) is 0.536. The molecule has 0 aliphatic rings. The first-order valence-corrected chi connectivity index (χ1v) is 4.37. The summed E-state index contributed by atoms with van der Waals surface area (Å²) in [6.07, 6.45) is 0. The first kappa shape index (κ1) is 10.1. The van der Waals surface area contributed by atoms with Gasteiger partial charge < -0.3 is 4.74 Å². The highest BCUT2D eigenvalue weighted by Gasteiger charge is 1.95. The highest BCUT2D eigenvalue weighted by Crippen LogP contribution is 2.11. The lowest BCUT2D eigenvalue weighted by molar-refractivity contribution is 0.352. The molecule has 0 radical (unpaired) electrons. The predicted octanol–water partition coefficient (Wildman–Crippen LogP) is 3.00. The van der Waals surface area contributed by atoms with E-state index in [1.54, 1.807) is 12.1 Å². The average Bonchev–Trinajstić information content (AvgIpc) is 2.16. The third kappa shape index (κ3) is 3.47. The Morgan fingerprint density at radius 2 is 2.00 bits per heavy atom. The molecule has 0 heterocycles. The Hall–Kier alpha value is -1.02. The van der Waals surface area contributed by atoms with E-state index in [1.807, 2.05) is 0 Å². The normalized spacial score (nSPS) is 9.69. The second-order valence-electron chi connectivity index (χ2n) is 2.63. The zero-order valence-corrected chi connectivity index (χ0v) is 7.85. The summed E-state index contributed by atoms with van der Waals surface area (Å²) in [5.41, 5.74) is 0.797. The molecule has 1 nitrogen and oxygen atoms in total. The number of hydrogen-bond acceptors (Lipinski definition) is 1. The number of halogens is 2. The summed E-state index contributed by atoms with van der Waals surface area (Å²) < 4.78 is 17.7. The first-order valence-electron chi connectivity index (χ1n) is 3.83. The summed E-state index contributed by atoms with van der Waals surface area (Å²) in [7, 11) is 0. The molecule has 0 aliphatic carbocycles. The Balaban J connectivity index is 2.46. The number of hydrogen-bond donors (Lipinski definition) is 0.